The van der Waals surface area contributed by atoms with Crippen LogP contribution in [-0.2, 0) is 0 Å². The van der Waals surface area contributed by atoms with Gasteiger partial charge in [0.2, 0.25) is 0 Å². The Labute approximate surface area is 85.6 Å². The fourth-order valence-electron chi connectivity index (χ4n) is 0.959. The topological polar surface area (TPSA) is 7.68 Å². The predicted octanol–water partition coefficient (Wildman–Crippen LogP) is 1.30. The first kappa shape index (κ1) is 12.5. The van der Waals surface area contributed by atoms with E-state index in [0.29, 0.717) is 0 Å². The zero-order valence-electron chi connectivity index (χ0n) is 8.32. The summed E-state index contributed by atoms with van der Waals surface area (Å²) in [6.45, 7) is 5.24. The minimum absolute atomic E-state index is 0.113. The lowest BCUT2D eigenvalue weighted by atomic mass is 10.00. The molecule has 0 aromatic rings. The first-order valence-corrected chi connectivity index (χ1v) is 4.94. The lowest BCUT2D eigenvalue weighted by Gasteiger charge is -2.27. The second-order valence-corrected chi connectivity index (χ2v) is 4.96. The lowest BCUT2D eigenvalue weighted by Crippen LogP contribution is -3.05. The molecular weight excluding hydrogens is 195 g/mol. The molecule has 0 aliphatic heterocycles. The third kappa shape index (κ3) is 5.20. The Hall–Kier alpha value is 0.500. The van der Waals surface area contributed by atoms with Crippen molar-refractivity contribution < 1.29 is 4.90 Å². The molecule has 0 radical (unpaired) electrons. The molecule has 1 N–H and O–H groups in total. The number of quaternary nitrogens is 1. The van der Waals surface area contributed by atoms with Crippen LogP contribution < -0.4 is 4.90 Å². The maximum atomic E-state index is 5.68. The third-order valence-electron chi connectivity index (χ3n) is 1.92. The first-order chi connectivity index (χ1) is 5.36. The molecule has 0 saturated carbocycles. The molecule has 0 aromatic heterocycles. The molecule has 0 rings (SSSR count). The Morgan fingerprint density at radius 3 is 2.08 bits per heavy atom. The number of nitrogens with zero attached hydrogens (tertiary/aromatic N) is 1. The highest BCUT2D eigenvalue weighted by atomic mass is 35.5. The van der Waals surface area contributed by atoms with Gasteiger partial charge < -0.3 is 4.90 Å². The molecule has 0 aliphatic carbocycles. The smallest absolute Gasteiger partial charge is 0.0767 e. The Morgan fingerprint density at radius 1 is 1.25 bits per heavy atom. The molecule has 0 aliphatic rings. The standard InChI is InChI=1S/C8H18Cl2N2/c1-8(2,12(9)10)6-5-7-11(3)4/h5-7H2,1-4H3/p+1. The first-order valence-electron chi connectivity index (χ1n) is 4.27. The van der Waals surface area contributed by atoms with Gasteiger partial charge in [0.25, 0.3) is 0 Å². The SMILES string of the molecule is C[NH+](C)CCCC(C)(C)N(Cl)Cl. The normalized spacial score (nSPS) is 13.0. The Balaban J connectivity index is 3.61. The fraction of sp³-hybridized carbons (Fsp3) is 1.00. The van der Waals surface area contributed by atoms with Crippen LogP contribution in [0.5, 0.6) is 0 Å². The minimum atomic E-state index is -0.113. The Kier molecular flexibility index (Phi) is 5.50. The van der Waals surface area contributed by atoms with E-state index in [2.05, 4.69) is 14.1 Å². The molecule has 74 valence electrons. The van der Waals surface area contributed by atoms with Crippen LogP contribution in [0, 0.1) is 0 Å². The summed E-state index contributed by atoms with van der Waals surface area (Å²) in [5.41, 5.74) is -0.113. The molecule has 2 nitrogen and oxygen atoms in total. The van der Waals surface area contributed by atoms with Crippen LogP contribution in [-0.4, -0.2) is 30.1 Å². The number of hydrogen-bond donors (Lipinski definition) is 1. The second kappa shape index (κ2) is 5.28. The summed E-state index contributed by atoms with van der Waals surface area (Å²) in [6.07, 6.45) is 2.16. The van der Waals surface area contributed by atoms with Gasteiger partial charge in [0.15, 0.2) is 0 Å². The highest BCUT2D eigenvalue weighted by Gasteiger charge is 2.23. The summed E-state index contributed by atoms with van der Waals surface area (Å²) in [6, 6.07) is 0. The average Bonchev–Trinajstić information content (AvgIpc) is 1.85. The average molecular weight is 214 g/mol. The lowest BCUT2D eigenvalue weighted by molar-refractivity contribution is -0.858. The summed E-state index contributed by atoms with van der Waals surface area (Å²) in [4.78, 5) is 1.46. The maximum absolute atomic E-state index is 5.68. The number of hydrogen-bond acceptors (Lipinski definition) is 1. The predicted molar refractivity (Wildman–Crippen MR) is 54.5 cm³/mol. The highest BCUT2D eigenvalue weighted by Crippen LogP contribution is 2.24. The van der Waals surface area contributed by atoms with Crippen molar-refractivity contribution in [2.45, 2.75) is 32.2 Å². The number of nitrogens with one attached hydrogen (secondary N) is 1. The van der Waals surface area contributed by atoms with Crippen LogP contribution >= 0.6 is 23.6 Å². The van der Waals surface area contributed by atoms with Gasteiger partial charge in [-0.15, -0.1) is 3.94 Å². The highest BCUT2D eigenvalue weighted by molar-refractivity contribution is 6.34. The maximum Gasteiger partial charge on any atom is 0.0767 e. The van der Waals surface area contributed by atoms with Gasteiger partial charge in [-0.05, 0) is 50.2 Å². The van der Waals surface area contributed by atoms with E-state index in [1.54, 1.807) is 0 Å². The molecule has 0 fully saturated rings. The molecule has 0 heterocycles. The summed E-state index contributed by atoms with van der Waals surface area (Å²) < 4.78 is 1.25. The van der Waals surface area contributed by atoms with E-state index in [0.717, 1.165) is 19.4 Å². The Morgan fingerprint density at radius 2 is 1.75 bits per heavy atom. The van der Waals surface area contributed by atoms with E-state index in [1.807, 2.05) is 13.8 Å². The van der Waals surface area contributed by atoms with Crippen LogP contribution in [0.4, 0.5) is 0 Å². The van der Waals surface area contributed by atoms with Gasteiger partial charge in [0.05, 0.1) is 20.6 Å². The molecule has 0 spiro atoms. The van der Waals surface area contributed by atoms with Crippen molar-refractivity contribution in [3.05, 3.63) is 0 Å². The molecule has 4 heteroatoms. The largest absolute Gasteiger partial charge is 0.340 e. The molecule has 0 bridgehead atoms. The van der Waals surface area contributed by atoms with Crippen LogP contribution in [0.25, 0.3) is 0 Å². The third-order valence-corrected chi connectivity index (χ3v) is 2.84. The van der Waals surface area contributed by atoms with Crippen LogP contribution in [0.15, 0.2) is 0 Å². The molecule has 12 heavy (non-hydrogen) atoms. The van der Waals surface area contributed by atoms with Gasteiger partial charge in [-0.25, -0.2) is 0 Å². The van der Waals surface area contributed by atoms with Crippen molar-refractivity contribution in [1.82, 2.24) is 3.94 Å². The van der Waals surface area contributed by atoms with Gasteiger partial charge in [-0.3, -0.25) is 0 Å². The van der Waals surface area contributed by atoms with Gasteiger partial charge in [-0.1, -0.05) is 0 Å². The summed E-state index contributed by atoms with van der Waals surface area (Å²) >= 11 is 11.4. The van der Waals surface area contributed by atoms with Crippen LogP contribution in [0.1, 0.15) is 26.7 Å². The van der Waals surface area contributed by atoms with Crippen molar-refractivity contribution in [1.29, 1.82) is 0 Å². The fourth-order valence-corrected chi connectivity index (χ4v) is 1.13. The van der Waals surface area contributed by atoms with Gasteiger partial charge in [0.1, 0.15) is 0 Å². The number of halogens is 2. The minimum Gasteiger partial charge on any atom is -0.340 e. The van der Waals surface area contributed by atoms with Crippen LogP contribution in [0.3, 0.4) is 0 Å². The molecule has 0 atom stereocenters. The molecule has 0 unspecified atom stereocenters. The second-order valence-electron chi connectivity index (χ2n) is 4.11. The van der Waals surface area contributed by atoms with Crippen molar-refractivity contribution in [3.8, 4) is 0 Å². The van der Waals surface area contributed by atoms with Gasteiger partial charge in [-0.2, -0.15) is 0 Å². The van der Waals surface area contributed by atoms with Gasteiger partial charge >= 0.3 is 0 Å². The molecule has 0 saturated heterocycles. The molecular formula is C8H19Cl2N2+. The monoisotopic (exact) mass is 213 g/mol. The van der Waals surface area contributed by atoms with E-state index >= 15 is 0 Å². The van der Waals surface area contributed by atoms with Crippen LogP contribution in [0.2, 0.25) is 0 Å². The molecule has 0 amide bonds. The van der Waals surface area contributed by atoms with Crippen molar-refractivity contribution in [2.24, 2.45) is 0 Å². The Bertz CT molecular complexity index is 124. The number of rotatable bonds is 5. The quantitative estimate of drug-likeness (QED) is 0.678. The van der Waals surface area contributed by atoms with E-state index in [-0.39, 0.29) is 5.54 Å². The van der Waals surface area contributed by atoms with E-state index in [4.69, 9.17) is 23.6 Å². The van der Waals surface area contributed by atoms with Crippen molar-refractivity contribution in [2.75, 3.05) is 20.6 Å². The van der Waals surface area contributed by atoms with Crippen molar-refractivity contribution in [3.63, 3.8) is 0 Å². The van der Waals surface area contributed by atoms with E-state index in [9.17, 15) is 0 Å². The summed E-state index contributed by atoms with van der Waals surface area (Å²) in [5.74, 6) is 0. The zero-order valence-corrected chi connectivity index (χ0v) is 9.84. The van der Waals surface area contributed by atoms with Crippen molar-refractivity contribution >= 4 is 23.6 Å². The van der Waals surface area contributed by atoms with E-state index < -0.39 is 0 Å². The zero-order chi connectivity index (χ0) is 9.78. The molecule has 0 aromatic carbocycles. The van der Waals surface area contributed by atoms with E-state index in [1.165, 1.54) is 8.84 Å². The summed E-state index contributed by atoms with van der Waals surface area (Å²) in [5, 5.41) is 0. The summed E-state index contributed by atoms with van der Waals surface area (Å²) in [7, 11) is 4.29. The van der Waals surface area contributed by atoms with Gasteiger partial charge in [0, 0.05) is 5.54 Å².